The second-order valence-corrected chi connectivity index (χ2v) is 3.67. The number of nitrogens with zero attached hydrogens (tertiary/aromatic N) is 1. The van der Waals surface area contributed by atoms with Crippen molar-refractivity contribution < 1.29 is 10.2 Å². The van der Waals surface area contributed by atoms with Gasteiger partial charge in [0, 0.05) is 18.6 Å². The van der Waals surface area contributed by atoms with E-state index in [0.717, 1.165) is 0 Å². The Morgan fingerprint density at radius 2 is 2.00 bits per heavy atom. The zero-order valence-corrected chi connectivity index (χ0v) is 7.90. The summed E-state index contributed by atoms with van der Waals surface area (Å²) < 4.78 is 0. The van der Waals surface area contributed by atoms with E-state index >= 15 is 0 Å². The van der Waals surface area contributed by atoms with Gasteiger partial charge < -0.3 is 10.2 Å². The van der Waals surface area contributed by atoms with E-state index in [1.807, 2.05) is 6.92 Å². The van der Waals surface area contributed by atoms with E-state index in [1.165, 1.54) is 12.8 Å². The number of hydrogen-bond acceptors (Lipinski definition) is 3. The maximum Gasteiger partial charge on any atom is 0.0664 e. The van der Waals surface area contributed by atoms with E-state index in [-0.39, 0.29) is 18.8 Å². The number of rotatable bonds is 5. The van der Waals surface area contributed by atoms with Crippen molar-refractivity contribution in [3.05, 3.63) is 0 Å². The van der Waals surface area contributed by atoms with Crippen LogP contribution in [0.25, 0.3) is 0 Å². The molecule has 0 aromatic rings. The van der Waals surface area contributed by atoms with Crippen molar-refractivity contribution in [1.29, 1.82) is 0 Å². The highest BCUT2D eigenvalue weighted by molar-refractivity contribution is 4.88. The third kappa shape index (κ3) is 2.44. The Hall–Kier alpha value is -0.120. The van der Waals surface area contributed by atoms with Gasteiger partial charge in [-0.05, 0) is 26.7 Å². The molecule has 1 aliphatic carbocycles. The molecule has 12 heavy (non-hydrogen) atoms. The van der Waals surface area contributed by atoms with Crippen molar-refractivity contribution in [1.82, 2.24) is 4.90 Å². The van der Waals surface area contributed by atoms with Crippen LogP contribution in [0.5, 0.6) is 0 Å². The van der Waals surface area contributed by atoms with Crippen molar-refractivity contribution in [3.63, 3.8) is 0 Å². The third-order valence-electron chi connectivity index (χ3n) is 2.60. The second kappa shape index (κ2) is 4.21. The molecule has 2 unspecified atom stereocenters. The van der Waals surface area contributed by atoms with Crippen LogP contribution in [0.4, 0.5) is 0 Å². The highest BCUT2D eigenvalue weighted by Crippen LogP contribution is 2.28. The van der Waals surface area contributed by atoms with Gasteiger partial charge in [-0.1, -0.05) is 0 Å². The van der Waals surface area contributed by atoms with Crippen LogP contribution < -0.4 is 0 Å². The fraction of sp³-hybridized carbons (Fsp3) is 1.00. The Morgan fingerprint density at radius 1 is 1.42 bits per heavy atom. The van der Waals surface area contributed by atoms with Crippen LogP contribution in [0.3, 0.4) is 0 Å². The molecular formula is C9H19NO2. The minimum Gasteiger partial charge on any atom is -0.395 e. The Labute approximate surface area is 74.0 Å². The lowest BCUT2D eigenvalue weighted by atomic mass is 10.2. The van der Waals surface area contributed by atoms with E-state index in [2.05, 4.69) is 4.90 Å². The molecule has 0 aliphatic heterocycles. The van der Waals surface area contributed by atoms with Gasteiger partial charge in [-0.2, -0.15) is 0 Å². The van der Waals surface area contributed by atoms with Crippen LogP contribution >= 0.6 is 0 Å². The largest absolute Gasteiger partial charge is 0.395 e. The molecule has 0 bridgehead atoms. The molecule has 1 rings (SSSR count). The lowest BCUT2D eigenvalue weighted by Gasteiger charge is -2.30. The first-order valence-corrected chi connectivity index (χ1v) is 4.71. The molecule has 3 heteroatoms. The summed E-state index contributed by atoms with van der Waals surface area (Å²) >= 11 is 0. The molecule has 0 saturated heterocycles. The minimum absolute atomic E-state index is 0.171. The molecule has 0 radical (unpaired) electrons. The molecule has 0 aromatic carbocycles. The molecule has 2 N–H and O–H groups in total. The van der Waals surface area contributed by atoms with E-state index < -0.39 is 0 Å². The average Bonchev–Trinajstić information content (AvgIpc) is 2.81. The first-order valence-electron chi connectivity index (χ1n) is 4.71. The van der Waals surface area contributed by atoms with Crippen molar-refractivity contribution in [2.75, 3.05) is 13.2 Å². The van der Waals surface area contributed by atoms with Crippen molar-refractivity contribution in [2.24, 2.45) is 0 Å². The molecule has 0 heterocycles. The summed E-state index contributed by atoms with van der Waals surface area (Å²) in [6, 6.07) is 0.784. The second-order valence-electron chi connectivity index (χ2n) is 3.67. The molecular weight excluding hydrogens is 154 g/mol. The van der Waals surface area contributed by atoms with Gasteiger partial charge in [0.1, 0.15) is 0 Å². The predicted octanol–water partition coefficient (Wildman–Crippen LogP) is 0.212. The molecule has 1 fully saturated rings. The summed E-state index contributed by atoms with van der Waals surface area (Å²) in [6.07, 6.45) is 2.13. The first-order chi connectivity index (χ1) is 5.66. The monoisotopic (exact) mass is 173 g/mol. The standard InChI is InChI=1S/C9H19NO2/c1-7(8(2)12)10(5-6-11)9-3-4-9/h7-9,11-12H,3-6H2,1-2H3. The maximum atomic E-state index is 9.37. The first kappa shape index (κ1) is 9.96. The quantitative estimate of drug-likeness (QED) is 0.624. The summed E-state index contributed by atoms with van der Waals surface area (Å²) in [7, 11) is 0. The zero-order valence-electron chi connectivity index (χ0n) is 7.90. The van der Waals surface area contributed by atoms with Crippen LogP contribution in [0.1, 0.15) is 26.7 Å². The molecule has 2 atom stereocenters. The third-order valence-corrected chi connectivity index (χ3v) is 2.60. The van der Waals surface area contributed by atoms with E-state index in [0.29, 0.717) is 12.6 Å². The molecule has 0 spiro atoms. The number of hydrogen-bond donors (Lipinski definition) is 2. The van der Waals surface area contributed by atoms with Gasteiger partial charge in [0.25, 0.3) is 0 Å². The normalized spacial score (nSPS) is 22.8. The van der Waals surface area contributed by atoms with Crippen LogP contribution in [-0.4, -0.2) is 46.5 Å². The topological polar surface area (TPSA) is 43.7 Å². The van der Waals surface area contributed by atoms with Gasteiger partial charge in [-0.25, -0.2) is 0 Å². The summed E-state index contributed by atoms with van der Waals surface area (Å²) in [5, 5.41) is 18.2. The molecule has 3 nitrogen and oxygen atoms in total. The minimum atomic E-state index is -0.308. The van der Waals surface area contributed by atoms with Crippen molar-refractivity contribution in [3.8, 4) is 0 Å². The smallest absolute Gasteiger partial charge is 0.0664 e. The van der Waals surface area contributed by atoms with Crippen LogP contribution in [0.2, 0.25) is 0 Å². The Balaban J connectivity index is 2.40. The SMILES string of the molecule is CC(O)C(C)N(CCO)C1CC1. The lowest BCUT2D eigenvalue weighted by molar-refractivity contribution is 0.0542. The molecule has 0 amide bonds. The average molecular weight is 173 g/mol. The Kier molecular flexibility index (Phi) is 3.50. The maximum absolute atomic E-state index is 9.37. The molecule has 72 valence electrons. The number of aliphatic hydroxyl groups is 2. The van der Waals surface area contributed by atoms with E-state index in [4.69, 9.17) is 5.11 Å². The fourth-order valence-corrected chi connectivity index (χ4v) is 1.52. The predicted molar refractivity (Wildman–Crippen MR) is 48.0 cm³/mol. The van der Waals surface area contributed by atoms with Gasteiger partial charge in [0.05, 0.1) is 12.7 Å². The van der Waals surface area contributed by atoms with Crippen molar-refractivity contribution >= 4 is 0 Å². The van der Waals surface area contributed by atoms with E-state index in [1.54, 1.807) is 6.92 Å². The van der Waals surface area contributed by atoms with Crippen LogP contribution in [0, 0.1) is 0 Å². The lowest BCUT2D eigenvalue weighted by Crippen LogP contribution is -2.43. The van der Waals surface area contributed by atoms with Gasteiger partial charge in [0.15, 0.2) is 0 Å². The van der Waals surface area contributed by atoms with Gasteiger partial charge in [-0.3, -0.25) is 4.90 Å². The van der Waals surface area contributed by atoms with Crippen LogP contribution in [-0.2, 0) is 0 Å². The summed E-state index contributed by atoms with van der Waals surface area (Å²) in [5.41, 5.74) is 0. The Morgan fingerprint density at radius 3 is 2.33 bits per heavy atom. The summed E-state index contributed by atoms with van der Waals surface area (Å²) in [5.74, 6) is 0. The van der Waals surface area contributed by atoms with E-state index in [9.17, 15) is 5.11 Å². The zero-order chi connectivity index (χ0) is 9.14. The Bertz CT molecular complexity index is 134. The van der Waals surface area contributed by atoms with Crippen molar-refractivity contribution in [2.45, 2.75) is 44.9 Å². The van der Waals surface area contributed by atoms with Gasteiger partial charge >= 0.3 is 0 Å². The summed E-state index contributed by atoms with van der Waals surface area (Å²) in [6.45, 7) is 4.69. The molecule has 1 saturated carbocycles. The fourth-order valence-electron chi connectivity index (χ4n) is 1.52. The number of aliphatic hydroxyl groups excluding tert-OH is 2. The van der Waals surface area contributed by atoms with Crippen LogP contribution in [0.15, 0.2) is 0 Å². The molecule has 0 aromatic heterocycles. The molecule has 1 aliphatic rings. The highest BCUT2D eigenvalue weighted by Gasteiger charge is 2.33. The highest BCUT2D eigenvalue weighted by atomic mass is 16.3. The summed E-state index contributed by atoms with van der Waals surface area (Å²) in [4.78, 5) is 2.20. The van der Waals surface area contributed by atoms with Gasteiger partial charge in [-0.15, -0.1) is 0 Å². The van der Waals surface area contributed by atoms with Gasteiger partial charge in [0.2, 0.25) is 0 Å².